The molecule has 0 spiro atoms. The summed E-state index contributed by atoms with van der Waals surface area (Å²) in [6, 6.07) is 3.89. The number of rotatable bonds is 7. The van der Waals surface area contributed by atoms with E-state index in [0.717, 1.165) is 15.8 Å². The molecule has 4 heteroatoms. The first-order valence-electron chi connectivity index (χ1n) is 5.74. The molecule has 1 rings (SSSR count). The van der Waals surface area contributed by atoms with Gasteiger partial charge in [0.2, 0.25) is 0 Å². The summed E-state index contributed by atoms with van der Waals surface area (Å²) in [6.07, 6.45) is 2.39. The Morgan fingerprint density at radius 1 is 1.50 bits per heavy atom. The third-order valence-electron chi connectivity index (χ3n) is 2.49. The number of nitrogens with two attached hydrogens (primary N) is 1. The van der Waals surface area contributed by atoms with Crippen LogP contribution in [0.25, 0.3) is 0 Å². The zero-order chi connectivity index (χ0) is 12.0. The fourth-order valence-electron chi connectivity index (χ4n) is 1.62. The van der Waals surface area contributed by atoms with Crippen LogP contribution in [-0.4, -0.2) is 13.2 Å². The van der Waals surface area contributed by atoms with Crippen LogP contribution in [0, 0.1) is 5.92 Å². The molecule has 2 atom stereocenters. The molecule has 1 heterocycles. The minimum absolute atomic E-state index is 0.00296. The average Bonchev–Trinajstić information content (AvgIpc) is 2.66. The highest BCUT2D eigenvalue weighted by Gasteiger charge is 2.13. The first-order valence-corrected chi connectivity index (χ1v) is 6.93. The highest BCUT2D eigenvalue weighted by Crippen LogP contribution is 2.28. The van der Waals surface area contributed by atoms with Crippen LogP contribution in [0.2, 0.25) is 4.34 Å². The largest absolute Gasteiger partial charge is 0.371 e. The molecule has 1 aromatic rings. The molecule has 0 aliphatic carbocycles. The summed E-state index contributed by atoms with van der Waals surface area (Å²) >= 11 is 7.44. The van der Waals surface area contributed by atoms with Crippen molar-refractivity contribution in [1.29, 1.82) is 0 Å². The van der Waals surface area contributed by atoms with E-state index in [1.807, 2.05) is 12.1 Å². The van der Waals surface area contributed by atoms with Gasteiger partial charge in [-0.1, -0.05) is 31.9 Å². The van der Waals surface area contributed by atoms with Gasteiger partial charge in [0.15, 0.2) is 0 Å². The van der Waals surface area contributed by atoms with Gasteiger partial charge in [-0.05, 0) is 24.5 Å². The van der Waals surface area contributed by atoms with Gasteiger partial charge in [-0.2, -0.15) is 0 Å². The molecular weight excluding hydrogens is 242 g/mol. The predicted molar refractivity (Wildman–Crippen MR) is 71.1 cm³/mol. The van der Waals surface area contributed by atoms with Crippen LogP contribution in [0.5, 0.6) is 0 Å². The maximum Gasteiger partial charge on any atom is 0.104 e. The van der Waals surface area contributed by atoms with Crippen LogP contribution >= 0.6 is 22.9 Å². The summed E-state index contributed by atoms with van der Waals surface area (Å²) in [7, 11) is 0. The van der Waals surface area contributed by atoms with Gasteiger partial charge in [0.1, 0.15) is 6.10 Å². The summed E-state index contributed by atoms with van der Waals surface area (Å²) in [4.78, 5) is 1.12. The Balaban J connectivity index is 2.43. The van der Waals surface area contributed by atoms with E-state index in [1.54, 1.807) is 11.3 Å². The van der Waals surface area contributed by atoms with E-state index in [4.69, 9.17) is 22.1 Å². The molecule has 0 aliphatic rings. The van der Waals surface area contributed by atoms with E-state index in [0.29, 0.717) is 12.5 Å². The van der Waals surface area contributed by atoms with Crippen molar-refractivity contribution in [2.45, 2.75) is 32.8 Å². The van der Waals surface area contributed by atoms with Crippen LogP contribution in [0.1, 0.15) is 37.7 Å². The lowest BCUT2D eigenvalue weighted by molar-refractivity contribution is 0.0372. The van der Waals surface area contributed by atoms with Gasteiger partial charge in [0, 0.05) is 11.4 Å². The SMILES string of the molecule is CCCC(C)COC(CN)c1ccc(Cl)s1. The zero-order valence-electron chi connectivity index (χ0n) is 9.91. The van der Waals surface area contributed by atoms with E-state index in [-0.39, 0.29) is 6.10 Å². The zero-order valence-corrected chi connectivity index (χ0v) is 11.5. The first kappa shape index (κ1) is 14.0. The van der Waals surface area contributed by atoms with E-state index >= 15 is 0 Å². The minimum atomic E-state index is -0.00296. The van der Waals surface area contributed by atoms with E-state index in [1.165, 1.54) is 12.8 Å². The molecule has 0 amide bonds. The van der Waals surface area contributed by atoms with Gasteiger partial charge < -0.3 is 10.5 Å². The first-order chi connectivity index (χ1) is 7.67. The second-order valence-electron chi connectivity index (χ2n) is 4.09. The fraction of sp³-hybridized carbons (Fsp3) is 0.667. The van der Waals surface area contributed by atoms with Crippen molar-refractivity contribution in [2.75, 3.05) is 13.2 Å². The molecule has 0 fully saturated rings. The van der Waals surface area contributed by atoms with E-state index in [9.17, 15) is 0 Å². The molecule has 2 nitrogen and oxygen atoms in total. The molecule has 0 saturated heterocycles. The molecule has 0 radical (unpaired) electrons. The molecule has 0 aromatic carbocycles. The maximum absolute atomic E-state index is 5.90. The maximum atomic E-state index is 5.90. The fourth-order valence-corrected chi connectivity index (χ4v) is 2.75. The molecule has 0 bridgehead atoms. The second kappa shape index (κ2) is 7.28. The van der Waals surface area contributed by atoms with Gasteiger partial charge >= 0.3 is 0 Å². The molecule has 2 unspecified atom stereocenters. The third-order valence-corrected chi connectivity index (χ3v) is 3.81. The van der Waals surface area contributed by atoms with Crippen molar-refractivity contribution < 1.29 is 4.74 Å². The highest BCUT2D eigenvalue weighted by atomic mass is 35.5. The number of ether oxygens (including phenoxy) is 1. The van der Waals surface area contributed by atoms with Crippen molar-refractivity contribution in [3.05, 3.63) is 21.3 Å². The van der Waals surface area contributed by atoms with E-state index in [2.05, 4.69) is 13.8 Å². The number of hydrogen-bond acceptors (Lipinski definition) is 3. The van der Waals surface area contributed by atoms with E-state index < -0.39 is 0 Å². The molecule has 92 valence electrons. The summed E-state index contributed by atoms with van der Waals surface area (Å²) < 4.78 is 6.62. The van der Waals surface area contributed by atoms with Crippen molar-refractivity contribution in [2.24, 2.45) is 11.7 Å². The highest BCUT2D eigenvalue weighted by molar-refractivity contribution is 7.16. The Morgan fingerprint density at radius 2 is 2.25 bits per heavy atom. The standard InChI is InChI=1S/C12H20ClNOS/c1-3-4-9(2)8-15-10(7-14)11-5-6-12(13)16-11/h5-6,9-10H,3-4,7-8,14H2,1-2H3. The summed E-state index contributed by atoms with van der Waals surface area (Å²) in [5, 5.41) is 0. The van der Waals surface area contributed by atoms with Gasteiger partial charge in [-0.15, -0.1) is 11.3 Å². The topological polar surface area (TPSA) is 35.2 Å². The number of thiophene rings is 1. The molecule has 0 aliphatic heterocycles. The monoisotopic (exact) mass is 261 g/mol. The van der Waals surface area contributed by atoms with Crippen LogP contribution < -0.4 is 5.73 Å². The van der Waals surface area contributed by atoms with Gasteiger partial charge in [-0.25, -0.2) is 0 Å². The van der Waals surface area contributed by atoms with Crippen molar-refractivity contribution in [3.63, 3.8) is 0 Å². The van der Waals surface area contributed by atoms with Crippen LogP contribution in [0.15, 0.2) is 12.1 Å². The quantitative estimate of drug-likeness (QED) is 0.809. The average molecular weight is 262 g/mol. The number of hydrogen-bond donors (Lipinski definition) is 1. The van der Waals surface area contributed by atoms with Crippen LogP contribution in [0.3, 0.4) is 0 Å². The molecule has 1 aromatic heterocycles. The normalized spacial score (nSPS) is 15.0. The summed E-state index contributed by atoms with van der Waals surface area (Å²) in [6.45, 7) is 5.68. The second-order valence-corrected chi connectivity index (χ2v) is 5.84. The summed E-state index contributed by atoms with van der Waals surface area (Å²) in [5.41, 5.74) is 5.71. The van der Waals surface area contributed by atoms with Crippen molar-refractivity contribution >= 4 is 22.9 Å². The molecule has 2 N–H and O–H groups in total. The summed E-state index contributed by atoms with van der Waals surface area (Å²) in [5.74, 6) is 0.592. The Hall–Kier alpha value is -0.0900. The smallest absolute Gasteiger partial charge is 0.104 e. The van der Waals surface area contributed by atoms with Crippen molar-refractivity contribution in [3.8, 4) is 0 Å². The van der Waals surface area contributed by atoms with Crippen molar-refractivity contribution in [1.82, 2.24) is 0 Å². The lowest BCUT2D eigenvalue weighted by Gasteiger charge is -2.17. The Morgan fingerprint density at radius 3 is 2.75 bits per heavy atom. The molecule has 0 saturated carbocycles. The Kier molecular flexibility index (Phi) is 6.36. The van der Waals surface area contributed by atoms with Gasteiger partial charge in [0.25, 0.3) is 0 Å². The lowest BCUT2D eigenvalue weighted by atomic mass is 10.1. The van der Waals surface area contributed by atoms with Gasteiger partial charge in [0.05, 0.1) is 10.9 Å². The Bertz CT molecular complexity index is 303. The number of halogens is 1. The third kappa shape index (κ3) is 4.42. The molecular formula is C12H20ClNOS. The molecule has 16 heavy (non-hydrogen) atoms. The lowest BCUT2D eigenvalue weighted by Crippen LogP contribution is -2.18. The van der Waals surface area contributed by atoms with Crippen LogP contribution in [0.4, 0.5) is 0 Å². The Labute approximate surface area is 107 Å². The van der Waals surface area contributed by atoms with Gasteiger partial charge in [-0.3, -0.25) is 0 Å². The minimum Gasteiger partial charge on any atom is -0.371 e. The van der Waals surface area contributed by atoms with Crippen LogP contribution in [-0.2, 0) is 4.74 Å². The predicted octanol–water partition coefficient (Wildman–Crippen LogP) is 3.85.